The summed E-state index contributed by atoms with van der Waals surface area (Å²) in [5.41, 5.74) is 7.43. The first-order valence-corrected chi connectivity index (χ1v) is 10.6. The van der Waals surface area contributed by atoms with Crippen LogP contribution < -0.4 is 14.9 Å². The lowest BCUT2D eigenvalue weighted by atomic mass is 9.87. The lowest BCUT2D eigenvalue weighted by molar-refractivity contribution is 0.0955. The van der Waals surface area contributed by atoms with Crippen molar-refractivity contribution in [1.82, 2.24) is 5.43 Å². The van der Waals surface area contributed by atoms with E-state index in [1.54, 1.807) is 13.3 Å². The first kappa shape index (κ1) is 23.1. The summed E-state index contributed by atoms with van der Waals surface area (Å²) in [6.45, 7) is 8.92. The van der Waals surface area contributed by atoms with E-state index in [1.807, 2.05) is 54.6 Å². The number of rotatable bonds is 7. The Balaban J connectivity index is 1.60. The third-order valence-corrected chi connectivity index (χ3v) is 5.10. The molecule has 32 heavy (non-hydrogen) atoms. The van der Waals surface area contributed by atoms with Crippen LogP contribution in [-0.2, 0) is 12.0 Å². The highest BCUT2D eigenvalue weighted by molar-refractivity contribution is 5.95. The second-order valence-electron chi connectivity index (χ2n) is 8.71. The monoisotopic (exact) mass is 430 g/mol. The van der Waals surface area contributed by atoms with E-state index in [0.717, 1.165) is 11.1 Å². The van der Waals surface area contributed by atoms with Gasteiger partial charge in [0.2, 0.25) is 0 Å². The molecule has 1 amide bonds. The Morgan fingerprint density at radius 1 is 0.969 bits per heavy atom. The van der Waals surface area contributed by atoms with Crippen molar-refractivity contribution in [2.24, 2.45) is 5.10 Å². The van der Waals surface area contributed by atoms with Crippen molar-refractivity contribution >= 4 is 12.1 Å². The molecule has 0 aliphatic carbocycles. The van der Waals surface area contributed by atoms with Gasteiger partial charge < -0.3 is 9.47 Å². The fraction of sp³-hybridized carbons (Fsp3) is 0.259. The number of nitrogens with one attached hydrogen (secondary N) is 1. The topological polar surface area (TPSA) is 59.9 Å². The first-order valence-electron chi connectivity index (χ1n) is 10.6. The Morgan fingerprint density at radius 2 is 1.66 bits per heavy atom. The van der Waals surface area contributed by atoms with Crippen molar-refractivity contribution < 1.29 is 14.3 Å². The van der Waals surface area contributed by atoms with Crippen LogP contribution in [0.25, 0.3) is 0 Å². The van der Waals surface area contributed by atoms with E-state index in [0.29, 0.717) is 23.7 Å². The summed E-state index contributed by atoms with van der Waals surface area (Å²) in [7, 11) is 1.60. The van der Waals surface area contributed by atoms with Crippen LogP contribution in [0.15, 0.2) is 71.8 Å². The summed E-state index contributed by atoms with van der Waals surface area (Å²) in [5.74, 6) is 0.991. The van der Waals surface area contributed by atoms with Gasteiger partial charge in [-0.2, -0.15) is 5.10 Å². The fourth-order valence-corrected chi connectivity index (χ4v) is 3.08. The molecular weight excluding hydrogens is 400 g/mol. The van der Waals surface area contributed by atoms with Gasteiger partial charge in [0.15, 0.2) is 11.5 Å². The molecule has 0 atom stereocenters. The molecule has 3 aromatic rings. The highest BCUT2D eigenvalue weighted by Crippen LogP contribution is 2.28. The molecule has 0 radical (unpaired) electrons. The third kappa shape index (κ3) is 6.20. The zero-order chi connectivity index (χ0) is 23.1. The van der Waals surface area contributed by atoms with Crippen LogP contribution in [-0.4, -0.2) is 19.2 Å². The van der Waals surface area contributed by atoms with E-state index < -0.39 is 0 Å². The lowest BCUT2D eigenvalue weighted by Crippen LogP contribution is -2.18. The standard InChI is InChI=1S/C27H30N2O3/c1-19-6-8-20(9-7-19)18-32-24-15-10-21(16-25(24)31-5)17-28-29-26(30)22-11-13-23(14-12-22)27(2,3)4/h6-17H,18H2,1-5H3,(H,29,30)/b28-17+. The molecule has 0 aliphatic heterocycles. The van der Waals surface area contributed by atoms with Gasteiger partial charge in [-0.1, -0.05) is 62.7 Å². The summed E-state index contributed by atoms with van der Waals surface area (Å²) in [5, 5.41) is 4.08. The molecule has 0 fully saturated rings. The number of methoxy groups -OCH3 is 1. The molecule has 0 aliphatic rings. The molecule has 5 heteroatoms. The number of benzene rings is 3. The molecule has 0 bridgehead atoms. The van der Waals surface area contributed by atoms with Crippen molar-refractivity contribution in [3.05, 3.63) is 94.5 Å². The highest BCUT2D eigenvalue weighted by Gasteiger charge is 2.14. The van der Waals surface area contributed by atoms with E-state index >= 15 is 0 Å². The van der Waals surface area contributed by atoms with Gasteiger partial charge in [0.05, 0.1) is 13.3 Å². The van der Waals surface area contributed by atoms with Gasteiger partial charge in [0.1, 0.15) is 6.61 Å². The fourth-order valence-electron chi connectivity index (χ4n) is 3.08. The number of amides is 1. The second kappa shape index (κ2) is 10.1. The second-order valence-corrected chi connectivity index (χ2v) is 8.71. The van der Waals surface area contributed by atoms with Gasteiger partial charge in [-0.25, -0.2) is 5.43 Å². The van der Waals surface area contributed by atoms with Crippen molar-refractivity contribution in [1.29, 1.82) is 0 Å². The number of nitrogens with zero attached hydrogens (tertiary/aromatic N) is 1. The number of hydrogen-bond acceptors (Lipinski definition) is 4. The Labute approximate surface area is 190 Å². The van der Waals surface area contributed by atoms with E-state index in [1.165, 1.54) is 11.1 Å². The van der Waals surface area contributed by atoms with E-state index in [-0.39, 0.29) is 11.3 Å². The van der Waals surface area contributed by atoms with Gasteiger partial charge in [-0.15, -0.1) is 0 Å². The molecule has 1 N–H and O–H groups in total. The largest absolute Gasteiger partial charge is 0.493 e. The molecule has 3 rings (SSSR count). The van der Waals surface area contributed by atoms with Gasteiger partial charge in [0, 0.05) is 5.56 Å². The van der Waals surface area contributed by atoms with E-state index in [4.69, 9.17) is 9.47 Å². The van der Waals surface area contributed by atoms with Crippen LogP contribution in [0.3, 0.4) is 0 Å². The summed E-state index contributed by atoms with van der Waals surface area (Å²) < 4.78 is 11.4. The van der Waals surface area contributed by atoms with Crippen molar-refractivity contribution in [2.45, 2.75) is 39.7 Å². The van der Waals surface area contributed by atoms with Crippen molar-refractivity contribution in [3.8, 4) is 11.5 Å². The third-order valence-electron chi connectivity index (χ3n) is 5.10. The van der Waals surface area contributed by atoms with Crippen LogP contribution in [0.1, 0.15) is 53.4 Å². The number of hydrogen-bond donors (Lipinski definition) is 1. The quantitative estimate of drug-likeness (QED) is 0.390. The minimum absolute atomic E-state index is 0.0439. The summed E-state index contributed by atoms with van der Waals surface area (Å²) in [4.78, 5) is 12.3. The molecule has 5 nitrogen and oxygen atoms in total. The molecule has 3 aromatic carbocycles. The zero-order valence-electron chi connectivity index (χ0n) is 19.3. The number of hydrazone groups is 1. The Morgan fingerprint density at radius 3 is 2.28 bits per heavy atom. The molecule has 0 spiro atoms. The van der Waals surface area contributed by atoms with Crippen LogP contribution in [0, 0.1) is 6.92 Å². The average Bonchev–Trinajstić information content (AvgIpc) is 2.78. The van der Waals surface area contributed by atoms with Crippen LogP contribution in [0.5, 0.6) is 11.5 Å². The SMILES string of the molecule is COc1cc(/C=N/NC(=O)c2ccc(C(C)(C)C)cc2)ccc1OCc1ccc(C)cc1. The minimum atomic E-state index is -0.258. The first-order chi connectivity index (χ1) is 15.3. The van der Waals surface area contributed by atoms with Gasteiger partial charge in [-0.3, -0.25) is 4.79 Å². The van der Waals surface area contributed by atoms with Crippen LogP contribution >= 0.6 is 0 Å². The molecular formula is C27H30N2O3. The van der Waals surface area contributed by atoms with Gasteiger partial charge in [-0.05, 0) is 59.4 Å². The van der Waals surface area contributed by atoms with Crippen molar-refractivity contribution in [3.63, 3.8) is 0 Å². The molecule has 0 saturated carbocycles. The smallest absolute Gasteiger partial charge is 0.271 e. The summed E-state index contributed by atoms with van der Waals surface area (Å²) in [6, 6.07) is 21.3. The zero-order valence-corrected chi connectivity index (χ0v) is 19.3. The summed E-state index contributed by atoms with van der Waals surface area (Å²) >= 11 is 0. The maximum Gasteiger partial charge on any atom is 0.271 e. The van der Waals surface area contributed by atoms with Crippen LogP contribution in [0.4, 0.5) is 0 Å². The molecule has 0 saturated heterocycles. The Hall–Kier alpha value is -3.60. The normalized spacial score (nSPS) is 11.4. The molecule has 0 aromatic heterocycles. The maximum absolute atomic E-state index is 12.3. The van der Waals surface area contributed by atoms with E-state index in [9.17, 15) is 4.79 Å². The highest BCUT2D eigenvalue weighted by atomic mass is 16.5. The number of ether oxygens (including phenoxy) is 2. The molecule has 166 valence electrons. The lowest BCUT2D eigenvalue weighted by Gasteiger charge is -2.18. The summed E-state index contributed by atoms with van der Waals surface area (Å²) in [6.07, 6.45) is 1.58. The molecule has 0 unspecified atom stereocenters. The average molecular weight is 431 g/mol. The Bertz CT molecular complexity index is 1080. The van der Waals surface area contributed by atoms with E-state index in [2.05, 4.69) is 50.4 Å². The van der Waals surface area contributed by atoms with Crippen molar-refractivity contribution in [2.75, 3.05) is 7.11 Å². The molecule has 0 heterocycles. The predicted octanol–water partition coefficient (Wildman–Crippen LogP) is 5.64. The van der Waals surface area contributed by atoms with Gasteiger partial charge in [0.25, 0.3) is 5.91 Å². The number of carbonyl (C=O) groups is 1. The minimum Gasteiger partial charge on any atom is -0.493 e. The Kier molecular flexibility index (Phi) is 7.31. The van der Waals surface area contributed by atoms with Gasteiger partial charge >= 0.3 is 0 Å². The number of carbonyl (C=O) groups excluding carboxylic acids is 1. The van der Waals surface area contributed by atoms with Crippen LogP contribution in [0.2, 0.25) is 0 Å². The number of aryl methyl sites for hydroxylation is 1. The predicted molar refractivity (Wildman–Crippen MR) is 129 cm³/mol. The maximum atomic E-state index is 12.3.